The number of likely N-dealkylation sites (tertiary alicyclic amines) is 1. The van der Waals surface area contributed by atoms with Crippen molar-refractivity contribution >= 4 is 0 Å². The van der Waals surface area contributed by atoms with Gasteiger partial charge in [0.05, 0.1) is 18.1 Å². The van der Waals surface area contributed by atoms with Gasteiger partial charge in [-0.25, -0.2) is 4.98 Å². The first-order valence-electron chi connectivity index (χ1n) is 6.81. The minimum absolute atomic E-state index is 0.351. The molecule has 0 aromatic carbocycles. The quantitative estimate of drug-likeness (QED) is 0.847. The van der Waals surface area contributed by atoms with Crippen LogP contribution >= 0.6 is 0 Å². The van der Waals surface area contributed by atoms with E-state index in [1.165, 1.54) is 38.0 Å². The zero-order valence-electron chi connectivity index (χ0n) is 10.8. The molecule has 1 saturated heterocycles. The second-order valence-corrected chi connectivity index (χ2v) is 4.86. The number of aromatic nitrogens is 2. The monoisotopic (exact) mass is 236 g/mol. The molecule has 96 valence electrons. The van der Waals surface area contributed by atoms with E-state index in [1.807, 2.05) is 12.5 Å². The second kappa shape index (κ2) is 6.17. The van der Waals surface area contributed by atoms with Gasteiger partial charge in [-0.05, 0) is 32.4 Å². The van der Waals surface area contributed by atoms with E-state index in [1.54, 1.807) is 0 Å². The molecular formula is C13H24N4. The van der Waals surface area contributed by atoms with E-state index < -0.39 is 0 Å². The van der Waals surface area contributed by atoms with Crippen LogP contribution in [0.15, 0.2) is 12.5 Å². The van der Waals surface area contributed by atoms with E-state index in [9.17, 15) is 0 Å². The molecule has 0 amide bonds. The fraction of sp³-hybridized carbons (Fsp3) is 0.769. The van der Waals surface area contributed by atoms with Crippen molar-refractivity contribution in [3.8, 4) is 0 Å². The van der Waals surface area contributed by atoms with Gasteiger partial charge in [-0.3, -0.25) is 4.90 Å². The third kappa shape index (κ3) is 2.87. The van der Waals surface area contributed by atoms with Crippen LogP contribution < -0.4 is 5.73 Å². The number of rotatable bonds is 5. The normalized spacial score (nSPS) is 19.4. The highest BCUT2D eigenvalue weighted by atomic mass is 15.2. The van der Waals surface area contributed by atoms with Crippen LogP contribution in [-0.2, 0) is 6.54 Å². The summed E-state index contributed by atoms with van der Waals surface area (Å²) in [5.74, 6) is 0. The van der Waals surface area contributed by atoms with Crippen molar-refractivity contribution in [1.29, 1.82) is 0 Å². The van der Waals surface area contributed by atoms with Crippen molar-refractivity contribution in [3.05, 3.63) is 18.2 Å². The van der Waals surface area contributed by atoms with E-state index in [-0.39, 0.29) is 0 Å². The van der Waals surface area contributed by atoms with Gasteiger partial charge >= 0.3 is 0 Å². The topological polar surface area (TPSA) is 47.1 Å². The van der Waals surface area contributed by atoms with Gasteiger partial charge in [0.1, 0.15) is 0 Å². The number of aryl methyl sites for hydroxylation is 1. The Bertz CT molecular complexity index is 328. The van der Waals surface area contributed by atoms with Crippen LogP contribution in [-0.4, -0.2) is 34.1 Å². The predicted octanol–water partition coefficient (Wildman–Crippen LogP) is 1.78. The molecule has 1 atom stereocenters. The maximum absolute atomic E-state index is 5.98. The molecule has 2 N–H and O–H groups in total. The minimum atomic E-state index is 0.351. The van der Waals surface area contributed by atoms with E-state index >= 15 is 0 Å². The van der Waals surface area contributed by atoms with Crippen LogP contribution in [0.3, 0.4) is 0 Å². The smallest absolute Gasteiger partial charge is 0.0948 e. The third-order valence-corrected chi connectivity index (χ3v) is 3.61. The summed E-state index contributed by atoms with van der Waals surface area (Å²) in [6, 6.07) is 0.351. The van der Waals surface area contributed by atoms with E-state index in [0.29, 0.717) is 12.6 Å². The highest BCUT2D eigenvalue weighted by Gasteiger charge is 2.23. The first kappa shape index (κ1) is 12.6. The molecule has 1 aliphatic heterocycles. The molecule has 0 saturated carbocycles. The van der Waals surface area contributed by atoms with E-state index in [0.717, 1.165) is 13.0 Å². The van der Waals surface area contributed by atoms with Gasteiger partial charge in [-0.1, -0.05) is 13.3 Å². The van der Waals surface area contributed by atoms with Crippen molar-refractivity contribution in [2.75, 3.05) is 19.6 Å². The molecule has 1 aromatic heterocycles. The van der Waals surface area contributed by atoms with Crippen LogP contribution in [0.25, 0.3) is 0 Å². The average molecular weight is 236 g/mol. The lowest BCUT2D eigenvalue weighted by Gasteiger charge is -2.34. The largest absolute Gasteiger partial charge is 0.333 e. The lowest BCUT2D eigenvalue weighted by atomic mass is 10.1. The molecular weight excluding hydrogens is 212 g/mol. The van der Waals surface area contributed by atoms with Crippen LogP contribution in [0, 0.1) is 0 Å². The van der Waals surface area contributed by atoms with Crippen molar-refractivity contribution in [2.45, 2.75) is 45.2 Å². The van der Waals surface area contributed by atoms with Gasteiger partial charge < -0.3 is 10.3 Å². The molecule has 1 aromatic rings. The summed E-state index contributed by atoms with van der Waals surface area (Å²) in [6.45, 7) is 6.29. The van der Waals surface area contributed by atoms with E-state index in [2.05, 4.69) is 21.4 Å². The number of hydrogen-bond acceptors (Lipinski definition) is 3. The molecule has 1 fully saturated rings. The highest BCUT2D eigenvalue weighted by Crippen LogP contribution is 2.23. The zero-order chi connectivity index (χ0) is 12.1. The van der Waals surface area contributed by atoms with Crippen LogP contribution in [0.1, 0.15) is 44.3 Å². The SMILES string of the molecule is CCCn1cncc1C(CN)N1CCCCC1. The van der Waals surface area contributed by atoms with Crippen LogP contribution in [0.5, 0.6) is 0 Å². The van der Waals surface area contributed by atoms with Crippen LogP contribution in [0.2, 0.25) is 0 Å². The molecule has 1 aliphatic rings. The fourth-order valence-corrected chi connectivity index (χ4v) is 2.72. The van der Waals surface area contributed by atoms with E-state index in [4.69, 9.17) is 5.73 Å². The lowest BCUT2D eigenvalue weighted by Crippen LogP contribution is -2.38. The molecule has 4 heteroatoms. The first-order chi connectivity index (χ1) is 8.36. The Kier molecular flexibility index (Phi) is 4.57. The summed E-state index contributed by atoms with van der Waals surface area (Å²) in [4.78, 5) is 6.81. The van der Waals surface area contributed by atoms with Crippen molar-refractivity contribution in [1.82, 2.24) is 14.5 Å². The van der Waals surface area contributed by atoms with Gasteiger partial charge in [0, 0.05) is 19.3 Å². The number of piperidine rings is 1. The maximum atomic E-state index is 5.98. The summed E-state index contributed by atoms with van der Waals surface area (Å²) in [5, 5.41) is 0. The number of nitrogens with two attached hydrogens (primary N) is 1. The van der Waals surface area contributed by atoms with Gasteiger partial charge in [0.2, 0.25) is 0 Å². The van der Waals surface area contributed by atoms with Crippen molar-refractivity contribution in [2.24, 2.45) is 5.73 Å². The molecule has 0 aliphatic carbocycles. The molecule has 0 spiro atoms. The van der Waals surface area contributed by atoms with Crippen molar-refractivity contribution < 1.29 is 0 Å². The maximum Gasteiger partial charge on any atom is 0.0948 e. The van der Waals surface area contributed by atoms with Crippen molar-refractivity contribution in [3.63, 3.8) is 0 Å². The Labute approximate surface area is 104 Å². The summed E-state index contributed by atoms with van der Waals surface area (Å²) >= 11 is 0. The molecule has 1 unspecified atom stereocenters. The van der Waals surface area contributed by atoms with Gasteiger partial charge in [0.25, 0.3) is 0 Å². The Morgan fingerprint density at radius 3 is 2.76 bits per heavy atom. The molecule has 0 radical (unpaired) electrons. The zero-order valence-corrected chi connectivity index (χ0v) is 10.8. The number of nitrogens with zero attached hydrogens (tertiary/aromatic N) is 3. The standard InChI is InChI=1S/C13H24N4/c1-2-6-17-11-15-10-13(17)12(9-14)16-7-4-3-5-8-16/h10-12H,2-9,14H2,1H3. The summed E-state index contributed by atoms with van der Waals surface area (Å²) in [6.07, 6.45) is 9.03. The lowest BCUT2D eigenvalue weighted by molar-refractivity contribution is 0.161. The van der Waals surface area contributed by atoms with Gasteiger partial charge in [-0.15, -0.1) is 0 Å². The molecule has 17 heavy (non-hydrogen) atoms. The average Bonchev–Trinajstić information content (AvgIpc) is 2.81. The van der Waals surface area contributed by atoms with Crippen LogP contribution in [0.4, 0.5) is 0 Å². The summed E-state index contributed by atoms with van der Waals surface area (Å²) < 4.78 is 2.26. The molecule has 0 bridgehead atoms. The Balaban J connectivity index is 2.12. The highest BCUT2D eigenvalue weighted by molar-refractivity contribution is 5.07. The first-order valence-corrected chi connectivity index (χ1v) is 6.81. The van der Waals surface area contributed by atoms with Gasteiger partial charge in [0.15, 0.2) is 0 Å². The molecule has 2 heterocycles. The Morgan fingerprint density at radius 2 is 2.12 bits per heavy atom. The number of hydrogen-bond donors (Lipinski definition) is 1. The van der Waals surface area contributed by atoms with Gasteiger partial charge in [-0.2, -0.15) is 0 Å². The molecule has 2 rings (SSSR count). The Morgan fingerprint density at radius 1 is 1.35 bits per heavy atom. The minimum Gasteiger partial charge on any atom is -0.333 e. The summed E-state index contributed by atoms with van der Waals surface area (Å²) in [7, 11) is 0. The number of imidazole rings is 1. The third-order valence-electron chi connectivity index (χ3n) is 3.61. The Hall–Kier alpha value is -0.870. The fourth-order valence-electron chi connectivity index (χ4n) is 2.72. The summed E-state index contributed by atoms with van der Waals surface area (Å²) in [5.41, 5.74) is 7.27. The second-order valence-electron chi connectivity index (χ2n) is 4.86. The predicted molar refractivity (Wildman–Crippen MR) is 69.7 cm³/mol. The molecule has 4 nitrogen and oxygen atoms in total.